The van der Waals surface area contributed by atoms with Gasteiger partial charge in [0.15, 0.2) is 0 Å². The lowest BCUT2D eigenvalue weighted by Crippen LogP contribution is -2.63. The van der Waals surface area contributed by atoms with Gasteiger partial charge in [-0.2, -0.15) is 0 Å². The zero-order valence-corrected chi connectivity index (χ0v) is 12.5. The van der Waals surface area contributed by atoms with Gasteiger partial charge in [0.2, 0.25) is 0 Å². The summed E-state index contributed by atoms with van der Waals surface area (Å²) >= 11 is 0. The van der Waals surface area contributed by atoms with Crippen LogP contribution in [0.4, 0.5) is 0 Å². The number of ether oxygens (including phenoxy) is 1. The highest BCUT2D eigenvalue weighted by atomic mass is 16.5. The van der Waals surface area contributed by atoms with E-state index in [0.29, 0.717) is 11.5 Å². The van der Waals surface area contributed by atoms with Crippen molar-refractivity contribution in [3.05, 3.63) is 0 Å². The lowest BCUT2D eigenvalue weighted by atomic mass is 9.66. The summed E-state index contributed by atoms with van der Waals surface area (Å²) in [5.41, 5.74) is 0.614. The van der Waals surface area contributed by atoms with Gasteiger partial charge < -0.3 is 9.84 Å². The molecule has 0 aromatic heterocycles. The molecule has 1 heterocycles. The van der Waals surface area contributed by atoms with E-state index in [4.69, 9.17) is 4.74 Å². The summed E-state index contributed by atoms with van der Waals surface area (Å²) in [5, 5.41) is 10.2. The Bertz CT molecular complexity index is 323. The molecule has 1 saturated heterocycles. The van der Waals surface area contributed by atoms with E-state index in [0.717, 1.165) is 32.6 Å². The third-order valence-corrected chi connectivity index (χ3v) is 5.86. The Hall–Kier alpha value is -0.120. The van der Waals surface area contributed by atoms with Crippen LogP contribution in [-0.2, 0) is 4.74 Å². The third kappa shape index (κ3) is 2.45. The van der Waals surface area contributed by atoms with Crippen molar-refractivity contribution in [3.63, 3.8) is 0 Å². The molecule has 0 bridgehead atoms. The minimum Gasteiger partial charge on any atom is -0.393 e. The maximum Gasteiger partial charge on any atom is 0.0645 e. The predicted molar refractivity (Wildman–Crippen MR) is 76.2 cm³/mol. The highest BCUT2D eigenvalue weighted by Crippen LogP contribution is 2.52. The Morgan fingerprint density at radius 2 is 1.89 bits per heavy atom. The lowest BCUT2D eigenvalue weighted by Gasteiger charge is -2.55. The molecule has 3 fully saturated rings. The van der Waals surface area contributed by atoms with Crippen LogP contribution >= 0.6 is 0 Å². The number of rotatable bonds is 1. The van der Waals surface area contributed by atoms with Gasteiger partial charge in [-0.1, -0.05) is 12.8 Å². The van der Waals surface area contributed by atoms with Crippen LogP contribution in [0.1, 0.15) is 58.8 Å². The van der Waals surface area contributed by atoms with Crippen LogP contribution < -0.4 is 0 Å². The van der Waals surface area contributed by atoms with Gasteiger partial charge in [0.1, 0.15) is 0 Å². The second-order valence-electron chi connectivity index (χ2n) is 7.57. The number of aliphatic hydroxyl groups is 1. The molecule has 0 radical (unpaired) electrons. The molecule has 2 unspecified atom stereocenters. The molecule has 1 spiro atoms. The average molecular weight is 267 g/mol. The van der Waals surface area contributed by atoms with Crippen molar-refractivity contribution in [3.8, 4) is 0 Å². The van der Waals surface area contributed by atoms with Crippen molar-refractivity contribution in [2.45, 2.75) is 76.5 Å². The molecule has 3 nitrogen and oxygen atoms in total. The van der Waals surface area contributed by atoms with E-state index in [9.17, 15) is 5.11 Å². The second-order valence-corrected chi connectivity index (χ2v) is 7.57. The maximum absolute atomic E-state index is 10.2. The fourth-order valence-electron chi connectivity index (χ4n) is 4.81. The van der Waals surface area contributed by atoms with Crippen LogP contribution in [0.25, 0.3) is 0 Å². The van der Waals surface area contributed by atoms with Crippen molar-refractivity contribution in [2.75, 3.05) is 19.8 Å². The second kappa shape index (κ2) is 5.01. The Balaban J connectivity index is 1.85. The van der Waals surface area contributed by atoms with Gasteiger partial charge in [0, 0.05) is 18.1 Å². The summed E-state index contributed by atoms with van der Waals surface area (Å²) in [6.07, 6.45) is 8.65. The quantitative estimate of drug-likeness (QED) is 0.792. The van der Waals surface area contributed by atoms with Crippen molar-refractivity contribution in [1.82, 2.24) is 4.90 Å². The summed E-state index contributed by atoms with van der Waals surface area (Å²) in [5.74, 6) is 0. The zero-order chi connectivity index (χ0) is 13.5. The summed E-state index contributed by atoms with van der Waals surface area (Å²) in [6, 6.07) is 0.567. The third-order valence-electron chi connectivity index (χ3n) is 5.86. The van der Waals surface area contributed by atoms with Crippen molar-refractivity contribution in [2.24, 2.45) is 5.41 Å². The van der Waals surface area contributed by atoms with E-state index in [-0.39, 0.29) is 11.6 Å². The molecule has 3 aliphatic rings. The molecular weight excluding hydrogens is 238 g/mol. The van der Waals surface area contributed by atoms with Crippen LogP contribution in [0.5, 0.6) is 0 Å². The lowest BCUT2D eigenvalue weighted by molar-refractivity contribution is -0.123. The molecular formula is C16H29NO2. The monoisotopic (exact) mass is 267 g/mol. The van der Waals surface area contributed by atoms with Crippen LogP contribution in [0, 0.1) is 5.41 Å². The number of morpholine rings is 1. The van der Waals surface area contributed by atoms with Gasteiger partial charge in [-0.15, -0.1) is 0 Å². The number of nitrogens with zero attached hydrogens (tertiary/aromatic N) is 1. The largest absolute Gasteiger partial charge is 0.393 e. The van der Waals surface area contributed by atoms with Gasteiger partial charge in [-0.05, 0) is 51.4 Å². The molecule has 2 atom stereocenters. The molecule has 2 aliphatic carbocycles. The Labute approximate surface area is 117 Å². The zero-order valence-electron chi connectivity index (χ0n) is 12.5. The molecule has 2 saturated carbocycles. The molecule has 0 aromatic carbocycles. The molecule has 1 N–H and O–H groups in total. The predicted octanol–water partition coefficient (Wildman–Crippen LogP) is 2.57. The molecule has 19 heavy (non-hydrogen) atoms. The van der Waals surface area contributed by atoms with Crippen LogP contribution in [0.3, 0.4) is 0 Å². The van der Waals surface area contributed by atoms with E-state index >= 15 is 0 Å². The van der Waals surface area contributed by atoms with E-state index in [1.807, 2.05) is 0 Å². The van der Waals surface area contributed by atoms with Crippen LogP contribution in [0.15, 0.2) is 0 Å². The first-order chi connectivity index (χ1) is 9.04. The Morgan fingerprint density at radius 1 is 1.16 bits per heavy atom. The van der Waals surface area contributed by atoms with Crippen molar-refractivity contribution >= 4 is 0 Å². The smallest absolute Gasteiger partial charge is 0.0645 e. The fraction of sp³-hybridized carbons (Fsp3) is 1.00. The van der Waals surface area contributed by atoms with E-state index in [1.165, 1.54) is 32.1 Å². The van der Waals surface area contributed by atoms with Gasteiger partial charge in [-0.25, -0.2) is 0 Å². The molecule has 0 amide bonds. The van der Waals surface area contributed by atoms with E-state index in [2.05, 4.69) is 18.7 Å². The normalized spacial score (nSPS) is 38.7. The topological polar surface area (TPSA) is 32.7 Å². The van der Waals surface area contributed by atoms with Gasteiger partial charge >= 0.3 is 0 Å². The van der Waals surface area contributed by atoms with Crippen LogP contribution in [0.2, 0.25) is 0 Å². The Kier molecular flexibility index (Phi) is 3.65. The molecule has 110 valence electrons. The molecule has 1 aliphatic heterocycles. The highest BCUT2D eigenvalue weighted by Gasteiger charge is 2.50. The molecule has 3 heteroatoms. The minimum atomic E-state index is -0.0881. The summed E-state index contributed by atoms with van der Waals surface area (Å²) in [4.78, 5) is 2.67. The molecule has 0 aromatic rings. The number of aliphatic hydroxyl groups excluding tert-OH is 1. The SMILES string of the molecule is CC1(C)COCCN1C1CC(O)CCC12CCCC2. The van der Waals surface area contributed by atoms with Crippen molar-refractivity contribution in [1.29, 1.82) is 0 Å². The summed E-state index contributed by atoms with van der Waals surface area (Å²) in [7, 11) is 0. The van der Waals surface area contributed by atoms with Gasteiger partial charge in [-0.3, -0.25) is 4.90 Å². The standard InChI is InChI=1S/C16H29NO2/c1-15(2)12-19-10-9-17(15)14-11-13(18)5-8-16(14)6-3-4-7-16/h13-14,18H,3-12H2,1-2H3. The van der Waals surface area contributed by atoms with Crippen LogP contribution in [-0.4, -0.2) is 47.4 Å². The first kappa shape index (κ1) is 13.8. The van der Waals surface area contributed by atoms with E-state index in [1.54, 1.807) is 0 Å². The number of hydrogen-bond donors (Lipinski definition) is 1. The molecule has 3 rings (SSSR count). The minimum absolute atomic E-state index is 0.0881. The summed E-state index contributed by atoms with van der Waals surface area (Å²) < 4.78 is 5.68. The Morgan fingerprint density at radius 3 is 2.58 bits per heavy atom. The fourth-order valence-corrected chi connectivity index (χ4v) is 4.81. The van der Waals surface area contributed by atoms with E-state index < -0.39 is 0 Å². The maximum atomic E-state index is 10.2. The van der Waals surface area contributed by atoms with Gasteiger partial charge in [0.05, 0.1) is 19.3 Å². The van der Waals surface area contributed by atoms with Crippen molar-refractivity contribution < 1.29 is 9.84 Å². The summed E-state index contributed by atoms with van der Waals surface area (Å²) in [6.45, 7) is 7.32. The number of hydrogen-bond acceptors (Lipinski definition) is 3. The van der Waals surface area contributed by atoms with Gasteiger partial charge in [0.25, 0.3) is 0 Å². The average Bonchev–Trinajstić information content (AvgIpc) is 2.82. The highest BCUT2D eigenvalue weighted by molar-refractivity contribution is 5.03. The first-order valence-electron chi connectivity index (χ1n) is 8.06. The first-order valence-corrected chi connectivity index (χ1v) is 8.06.